The smallest absolute Gasteiger partial charge is 0.249 e. The van der Waals surface area contributed by atoms with Crippen molar-refractivity contribution in [1.29, 1.82) is 0 Å². The Labute approximate surface area is 119 Å². The van der Waals surface area contributed by atoms with Crippen LogP contribution < -0.4 is 15.5 Å². The minimum atomic E-state index is -0.317. The highest BCUT2D eigenvalue weighted by molar-refractivity contribution is 6.07. The van der Waals surface area contributed by atoms with E-state index >= 15 is 0 Å². The molecule has 0 saturated carbocycles. The van der Waals surface area contributed by atoms with Crippen LogP contribution in [0.4, 0.5) is 11.4 Å². The highest BCUT2D eigenvalue weighted by Gasteiger charge is 2.30. The average Bonchev–Trinajstić information content (AvgIpc) is 2.41. The van der Waals surface area contributed by atoms with E-state index in [1.165, 1.54) is 0 Å². The van der Waals surface area contributed by atoms with Gasteiger partial charge in [-0.05, 0) is 25.0 Å². The van der Waals surface area contributed by atoms with Crippen LogP contribution in [0.15, 0.2) is 24.3 Å². The van der Waals surface area contributed by atoms with Crippen molar-refractivity contribution >= 4 is 23.2 Å². The second kappa shape index (κ2) is 5.94. The summed E-state index contributed by atoms with van der Waals surface area (Å²) in [6.07, 6.45) is 0. The van der Waals surface area contributed by atoms with Crippen molar-refractivity contribution in [2.24, 2.45) is 5.92 Å². The predicted octanol–water partition coefficient (Wildman–Crippen LogP) is 1.61. The Kier molecular flexibility index (Phi) is 4.27. The molecule has 1 aromatic carbocycles. The van der Waals surface area contributed by atoms with Gasteiger partial charge in [0.05, 0.1) is 11.4 Å². The lowest BCUT2D eigenvalue weighted by atomic mass is 10.1. The zero-order chi connectivity index (χ0) is 14.7. The Hall–Kier alpha value is -2.04. The molecular formula is C15H21N3O2. The molecule has 5 heteroatoms. The van der Waals surface area contributed by atoms with E-state index in [-0.39, 0.29) is 24.4 Å². The van der Waals surface area contributed by atoms with E-state index in [1.807, 2.05) is 38.1 Å². The van der Waals surface area contributed by atoms with Gasteiger partial charge in [0.1, 0.15) is 12.6 Å². The summed E-state index contributed by atoms with van der Waals surface area (Å²) >= 11 is 0. The number of hydrogen-bond acceptors (Lipinski definition) is 3. The van der Waals surface area contributed by atoms with Crippen LogP contribution in [-0.4, -0.2) is 30.9 Å². The summed E-state index contributed by atoms with van der Waals surface area (Å²) in [6.45, 7) is 6.56. The molecule has 2 N–H and O–H groups in total. The van der Waals surface area contributed by atoms with Crippen LogP contribution in [0.25, 0.3) is 0 Å². The Balaban J connectivity index is 2.13. The van der Waals surface area contributed by atoms with Crippen LogP contribution in [0.1, 0.15) is 20.8 Å². The van der Waals surface area contributed by atoms with Crippen LogP contribution >= 0.6 is 0 Å². The summed E-state index contributed by atoms with van der Waals surface area (Å²) in [7, 11) is 0. The number of rotatable bonds is 4. The Morgan fingerprint density at radius 3 is 2.80 bits per heavy atom. The molecule has 1 atom stereocenters. The van der Waals surface area contributed by atoms with Gasteiger partial charge in [0.15, 0.2) is 0 Å². The van der Waals surface area contributed by atoms with E-state index in [9.17, 15) is 9.59 Å². The maximum absolute atomic E-state index is 12.2. The van der Waals surface area contributed by atoms with E-state index < -0.39 is 0 Å². The first-order chi connectivity index (χ1) is 9.49. The fraction of sp³-hybridized carbons (Fsp3) is 0.467. The number of para-hydroxylation sites is 2. The number of hydrogen-bond donors (Lipinski definition) is 2. The lowest BCUT2D eigenvalue weighted by molar-refractivity contribution is -0.124. The Bertz CT molecular complexity index is 514. The van der Waals surface area contributed by atoms with Crippen molar-refractivity contribution < 1.29 is 9.59 Å². The van der Waals surface area contributed by atoms with Crippen LogP contribution in [0.5, 0.6) is 0 Å². The molecular weight excluding hydrogens is 254 g/mol. The van der Waals surface area contributed by atoms with Gasteiger partial charge < -0.3 is 10.6 Å². The number of nitrogens with one attached hydrogen (secondary N) is 2. The summed E-state index contributed by atoms with van der Waals surface area (Å²) in [5.41, 5.74) is 1.64. The molecule has 1 unspecified atom stereocenters. The van der Waals surface area contributed by atoms with Gasteiger partial charge in [0.25, 0.3) is 0 Å². The molecule has 0 bridgehead atoms. The molecule has 0 saturated heterocycles. The minimum Gasteiger partial charge on any atom is -0.372 e. The van der Waals surface area contributed by atoms with Gasteiger partial charge in [-0.25, -0.2) is 0 Å². The molecule has 0 spiro atoms. The monoisotopic (exact) mass is 275 g/mol. The van der Waals surface area contributed by atoms with Crippen molar-refractivity contribution in [1.82, 2.24) is 5.32 Å². The SMILES string of the molecule is CC(C)CNC(=O)CN1C(=O)C(C)Nc2ccccc21. The Morgan fingerprint density at radius 2 is 2.10 bits per heavy atom. The van der Waals surface area contributed by atoms with Gasteiger partial charge in [0.2, 0.25) is 11.8 Å². The number of fused-ring (bicyclic) bond motifs is 1. The van der Waals surface area contributed by atoms with Crippen LogP contribution in [0, 0.1) is 5.92 Å². The van der Waals surface area contributed by atoms with E-state index in [2.05, 4.69) is 10.6 Å². The topological polar surface area (TPSA) is 61.4 Å². The Morgan fingerprint density at radius 1 is 1.40 bits per heavy atom. The van der Waals surface area contributed by atoms with Gasteiger partial charge in [-0.1, -0.05) is 26.0 Å². The fourth-order valence-electron chi connectivity index (χ4n) is 2.16. The van der Waals surface area contributed by atoms with E-state index in [0.29, 0.717) is 12.5 Å². The van der Waals surface area contributed by atoms with E-state index in [1.54, 1.807) is 11.8 Å². The maximum Gasteiger partial charge on any atom is 0.249 e. The largest absolute Gasteiger partial charge is 0.372 e. The molecule has 1 aliphatic heterocycles. The van der Waals surface area contributed by atoms with Crippen molar-refractivity contribution in [2.45, 2.75) is 26.8 Å². The number of anilines is 2. The molecule has 0 radical (unpaired) electrons. The number of nitrogens with zero attached hydrogens (tertiary/aromatic N) is 1. The molecule has 2 amide bonds. The molecule has 20 heavy (non-hydrogen) atoms. The number of carbonyl (C=O) groups excluding carboxylic acids is 2. The molecule has 0 aromatic heterocycles. The molecule has 1 heterocycles. The van der Waals surface area contributed by atoms with Gasteiger partial charge in [0, 0.05) is 6.54 Å². The number of carbonyl (C=O) groups is 2. The van der Waals surface area contributed by atoms with Crippen LogP contribution in [0.2, 0.25) is 0 Å². The van der Waals surface area contributed by atoms with Crippen LogP contribution in [-0.2, 0) is 9.59 Å². The van der Waals surface area contributed by atoms with Gasteiger partial charge in [-0.3, -0.25) is 14.5 Å². The predicted molar refractivity (Wildman–Crippen MR) is 79.7 cm³/mol. The standard InChI is InChI=1S/C15H21N3O2/c1-10(2)8-16-14(19)9-18-13-7-5-4-6-12(13)17-11(3)15(18)20/h4-7,10-11,17H,8-9H2,1-3H3,(H,16,19). The minimum absolute atomic E-state index is 0.0641. The molecule has 108 valence electrons. The number of amides is 2. The molecule has 0 aliphatic carbocycles. The normalized spacial score (nSPS) is 17.7. The van der Waals surface area contributed by atoms with Gasteiger partial charge in [-0.15, -0.1) is 0 Å². The average molecular weight is 275 g/mol. The highest BCUT2D eigenvalue weighted by atomic mass is 16.2. The first-order valence-electron chi connectivity index (χ1n) is 6.92. The first-order valence-corrected chi connectivity index (χ1v) is 6.92. The summed E-state index contributed by atoms with van der Waals surface area (Å²) < 4.78 is 0. The molecule has 0 fully saturated rings. The van der Waals surface area contributed by atoms with Gasteiger partial charge in [-0.2, -0.15) is 0 Å². The molecule has 1 aromatic rings. The van der Waals surface area contributed by atoms with Crippen molar-refractivity contribution in [3.05, 3.63) is 24.3 Å². The van der Waals surface area contributed by atoms with Crippen molar-refractivity contribution in [3.8, 4) is 0 Å². The third-order valence-electron chi connectivity index (χ3n) is 3.21. The quantitative estimate of drug-likeness (QED) is 0.877. The summed E-state index contributed by atoms with van der Waals surface area (Å²) in [6, 6.07) is 7.22. The highest BCUT2D eigenvalue weighted by Crippen LogP contribution is 2.30. The van der Waals surface area contributed by atoms with Crippen molar-refractivity contribution in [2.75, 3.05) is 23.3 Å². The maximum atomic E-state index is 12.2. The van der Waals surface area contributed by atoms with E-state index in [0.717, 1.165) is 11.4 Å². The lowest BCUT2D eigenvalue weighted by Crippen LogP contribution is -2.50. The van der Waals surface area contributed by atoms with E-state index in [4.69, 9.17) is 0 Å². The molecule has 1 aliphatic rings. The second-order valence-corrected chi connectivity index (χ2v) is 5.51. The fourth-order valence-corrected chi connectivity index (χ4v) is 2.16. The van der Waals surface area contributed by atoms with Crippen molar-refractivity contribution in [3.63, 3.8) is 0 Å². The number of benzene rings is 1. The van der Waals surface area contributed by atoms with Gasteiger partial charge >= 0.3 is 0 Å². The summed E-state index contributed by atoms with van der Waals surface area (Å²) in [4.78, 5) is 25.7. The first kappa shape index (κ1) is 14.4. The van der Waals surface area contributed by atoms with Crippen LogP contribution in [0.3, 0.4) is 0 Å². The molecule has 2 rings (SSSR count). The summed E-state index contributed by atoms with van der Waals surface area (Å²) in [5.74, 6) is 0.184. The zero-order valence-corrected chi connectivity index (χ0v) is 12.1. The lowest BCUT2D eigenvalue weighted by Gasteiger charge is -2.33. The zero-order valence-electron chi connectivity index (χ0n) is 12.1. The summed E-state index contributed by atoms with van der Waals surface area (Å²) in [5, 5.41) is 5.98. The second-order valence-electron chi connectivity index (χ2n) is 5.51. The molecule has 5 nitrogen and oxygen atoms in total. The third kappa shape index (κ3) is 3.10. The third-order valence-corrected chi connectivity index (χ3v) is 3.21.